The van der Waals surface area contributed by atoms with Crippen LogP contribution in [0.4, 0.5) is 14.6 Å². The minimum Gasteiger partial charge on any atom is -0.423 e. The fourth-order valence-electron chi connectivity index (χ4n) is 8.17. The first kappa shape index (κ1) is 53.0. The molecule has 3 aliphatic rings. The van der Waals surface area contributed by atoms with E-state index in [0.717, 1.165) is 34.3 Å². The van der Waals surface area contributed by atoms with Crippen molar-refractivity contribution in [1.82, 2.24) is 29.1 Å². The lowest BCUT2D eigenvalue weighted by molar-refractivity contribution is -0.0597. The van der Waals surface area contributed by atoms with Gasteiger partial charge in [0.15, 0.2) is 36.3 Å². The largest absolute Gasteiger partial charge is 0.423 e. The second-order valence-electron chi connectivity index (χ2n) is 17.6. The van der Waals surface area contributed by atoms with Crippen molar-refractivity contribution in [1.29, 1.82) is 0 Å². The number of nitrogens with zero attached hydrogens (tertiary/aromatic N) is 5. The number of benzene rings is 4. The summed E-state index contributed by atoms with van der Waals surface area (Å²) in [4.78, 5) is 65.5. The molecule has 3 aliphatic heterocycles. The highest BCUT2D eigenvalue weighted by Crippen LogP contribution is 2.67. The van der Waals surface area contributed by atoms with Gasteiger partial charge < -0.3 is 24.7 Å². The van der Waals surface area contributed by atoms with Crippen LogP contribution >= 0.6 is 36.4 Å². The Labute approximate surface area is 438 Å². The van der Waals surface area contributed by atoms with Gasteiger partial charge in [-0.25, -0.2) is 47.2 Å². The molecule has 0 spiro atoms. The monoisotopic (exact) mass is 1120 g/mol. The summed E-state index contributed by atoms with van der Waals surface area (Å²) < 4.78 is 114. The van der Waals surface area contributed by atoms with Gasteiger partial charge >= 0.3 is 31.2 Å². The molecular weight excluding hydrogens is 1070 g/mol. The lowest BCUT2D eigenvalue weighted by Crippen LogP contribution is -2.38. The van der Waals surface area contributed by atoms with Gasteiger partial charge in [-0.1, -0.05) is 59.7 Å². The molecule has 27 heteroatoms. The maximum absolute atomic E-state index is 17.3. The van der Waals surface area contributed by atoms with Crippen molar-refractivity contribution in [3.63, 3.8) is 0 Å². The highest BCUT2D eigenvalue weighted by atomic mass is 32.7. The molecule has 3 aromatic heterocycles. The molecule has 10 rings (SSSR count). The first-order chi connectivity index (χ1) is 36.5. The number of nitrogen functional groups attached to an aromatic ring is 1. The maximum Gasteiger partial charge on any atom is 0.390 e. The molecule has 4 aromatic carbocycles. The minimum absolute atomic E-state index is 0.0129. The van der Waals surface area contributed by atoms with Crippen molar-refractivity contribution >= 4 is 65.3 Å². The summed E-state index contributed by atoms with van der Waals surface area (Å²) >= 11 is 1.20. The number of ether oxygens (including phenoxy) is 4. The van der Waals surface area contributed by atoms with E-state index in [1.165, 1.54) is 35.2 Å². The summed E-state index contributed by atoms with van der Waals surface area (Å²) in [7, 11) is 0. The van der Waals surface area contributed by atoms with Crippen LogP contribution in [0.5, 0.6) is 11.5 Å². The molecule has 3 saturated heterocycles. The highest BCUT2D eigenvalue weighted by Gasteiger charge is 2.55. The van der Waals surface area contributed by atoms with Gasteiger partial charge in [0.2, 0.25) is 0 Å². The van der Waals surface area contributed by atoms with Gasteiger partial charge in [-0.3, -0.25) is 37.0 Å². The van der Waals surface area contributed by atoms with Crippen LogP contribution in [0.3, 0.4) is 0 Å². The van der Waals surface area contributed by atoms with E-state index in [9.17, 15) is 19.2 Å². The van der Waals surface area contributed by atoms with Crippen LogP contribution < -0.4 is 26.5 Å². The molecule has 0 aliphatic carbocycles. The Bertz CT molecular complexity index is 3490. The van der Waals surface area contributed by atoms with E-state index in [2.05, 4.69) is 19.9 Å². The molecule has 0 saturated carbocycles. The van der Waals surface area contributed by atoms with Crippen LogP contribution in [0.15, 0.2) is 132 Å². The molecule has 4 bridgehead atoms. The molecule has 2 unspecified atom stereocenters. The standard InChI is InChI=1S/C49H45F2N7O14P2S2/c1-27-3-11-31(12-4-27)47(60)67-33-15-7-29(8-16-33)23-75-73(63)66-22-36-39(51)42(46(70-36)58-26-55-40-43(52)53-25-54-44(40)58)72-74(64,65-21-35-38(50)41(71-73)45(69-35)57-20-19-37(59)56-49(57)62)76-24-30-9-17-34(18-10-30)68-48(61)32-13-5-28(2)6-14-32/h3-20,25-26,35-36,38-39,41-42,45-46H,21-24H2,1-2H3,(H2,52,53,54)(H,56,59,62)/t35-,36-,38-,39-,41-,42-,45-,46-,73?,74?/m1/s1. The summed E-state index contributed by atoms with van der Waals surface area (Å²) in [5.41, 5.74) is 8.09. The summed E-state index contributed by atoms with van der Waals surface area (Å²) in [6.07, 6.45) is -11.5. The van der Waals surface area contributed by atoms with Gasteiger partial charge in [-0.15, -0.1) is 0 Å². The fraction of sp³-hybridized carbons (Fsp3) is 0.286. The number of aromatic amines is 1. The Hall–Kier alpha value is -6.37. The summed E-state index contributed by atoms with van der Waals surface area (Å²) in [6.45, 7) is -7.37. The SMILES string of the molecule is Cc1ccc(C(=O)Oc2ccc(CSP3(=O)OC[C@H]4O[C@@H](n5cnc6c(N)ncnc65)[C@H](OP(=O)(SCc5ccc(OC(=O)c6ccc(C)cc6)cc5)OC[C@H]5O[C@@H](n6ccc(=O)[nH]c6=O)[C@H](O3)[C@@H]5F)[C@@H]4F)cc2)cc1. The predicted octanol–water partition coefficient (Wildman–Crippen LogP) is 8.39. The number of esters is 2. The molecule has 6 heterocycles. The Morgan fingerprint density at radius 1 is 0.684 bits per heavy atom. The molecule has 0 amide bonds. The number of aromatic nitrogens is 6. The predicted molar refractivity (Wildman–Crippen MR) is 273 cm³/mol. The zero-order valence-corrected chi connectivity index (χ0v) is 43.4. The zero-order chi connectivity index (χ0) is 53.3. The lowest BCUT2D eigenvalue weighted by atomic mass is 10.1. The second kappa shape index (κ2) is 22.3. The number of carbonyl (C=O) groups is 2. The van der Waals surface area contributed by atoms with E-state index < -0.39 is 99.2 Å². The fourth-order valence-corrected chi connectivity index (χ4v) is 14.9. The number of imidazole rings is 1. The number of fused-ring (bicyclic) bond motifs is 5. The quantitative estimate of drug-likeness (QED) is 0.0660. The number of aryl methyl sites for hydroxylation is 2. The molecule has 21 nitrogen and oxygen atoms in total. The molecule has 3 N–H and O–H groups in total. The van der Waals surface area contributed by atoms with Crippen molar-refractivity contribution in [2.45, 2.75) is 74.6 Å². The third-order valence-electron chi connectivity index (χ3n) is 12.2. The number of nitrogens with two attached hydrogens (primary N) is 1. The molecule has 396 valence electrons. The van der Waals surface area contributed by atoms with Crippen molar-refractivity contribution in [3.8, 4) is 11.5 Å². The number of H-pyrrole nitrogens is 1. The van der Waals surface area contributed by atoms with Gasteiger partial charge in [0.05, 0.1) is 30.7 Å². The minimum atomic E-state index is -4.73. The molecule has 7 aromatic rings. The number of hydrogen-bond acceptors (Lipinski definition) is 20. The van der Waals surface area contributed by atoms with Crippen molar-refractivity contribution in [2.75, 3.05) is 18.9 Å². The second-order valence-corrected chi connectivity index (χ2v) is 25.6. The summed E-state index contributed by atoms with van der Waals surface area (Å²) in [5.74, 6) is -1.02. The average molecular weight is 1120 g/mol. The first-order valence-electron chi connectivity index (χ1n) is 23.2. The van der Waals surface area contributed by atoms with Crippen molar-refractivity contribution < 1.29 is 64.5 Å². The van der Waals surface area contributed by atoms with Crippen molar-refractivity contribution in [2.24, 2.45) is 0 Å². The van der Waals surface area contributed by atoms with E-state index in [-0.39, 0.29) is 40.0 Å². The van der Waals surface area contributed by atoms with Gasteiger partial charge in [0.25, 0.3) is 5.56 Å². The average Bonchev–Trinajstić information content (AvgIpc) is 4.12. The normalized spacial score (nSPS) is 26.7. The Kier molecular flexibility index (Phi) is 15.6. The van der Waals surface area contributed by atoms with E-state index >= 15 is 17.9 Å². The lowest BCUT2D eigenvalue weighted by Gasteiger charge is -2.27. The summed E-state index contributed by atoms with van der Waals surface area (Å²) in [5, 5.41) is 0. The van der Waals surface area contributed by atoms with E-state index in [1.807, 2.05) is 13.8 Å². The molecule has 0 radical (unpaired) electrons. The molecular formula is C49H45F2N7O14P2S2. The van der Waals surface area contributed by atoms with Gasteiger partial charge in [-0.2, -0.15) is 0 Å². The maximum atomic E-state index is 17.3. The molecule has 10 atom stereocenters. The van der Waals surface area contributed by atoms with Gasteiger partial charge in [0.1, 0.15) is 47.8 Å². The smallest absolute Gasteiger partial charge is 0.390 e. The Morgan fingerprint density at radius 3 is 1.63 bits per heavy atom. The van der Waals surface area contributed by atoms with E-state index in [4.69, 9.17) is 42.8 Å². The Balaban J connectivity index is 0.944. The van der Waals surface area contributed by atoms with Crippen molar-refractivity contribution in [3.05, 3.63) is 176 Å². The van der Waals surface area contributed by atoms with Gasteiger partial charge in [0, 0.05) is 23.8 Å². The number of halogens is 2. The number of rotatable bonds is 12. The number of anilines is 1. The Morgan fingerprint density at radius 2 is 1.16 bits per heavy atom. The van der Waals surface area contributed by atoms with Crippen LogP contribution in [0.2, 0.25) is 0 Å². The number of carbonyl (C=O) groups excluding carboxylic acids is 2. The van der Waals surface area contributed by atoms with Crippen LogP contribution in [0, 0.1) is 13.8 Å². The zero-order valence-electron chi connectivity index (χ0n) is 40.0. The summed E-state index contributed by atoms with van der Waals surface area (Å²) in [6, 6.07) is 27.0. The number of nitrogens with one attached hydrogen (secondary N) is 1. The van der Waals surface area contributed by atoms with Crippen LogP contribution in [0.1, 0.15) is 55.4 Å². The van der Waals surface area contributed by atoms with Crippen LogP contribution in [-0.2, 0) is 48.2 Å². The first-order valence-corrected chi connectivity index (χ1v) is 29.5. The van der Waals surface area contributed by atoms with E-state index in [0.29, 0.717) is 45.0 Å². The van der Waals surface area contributed by atoms with Crippen LogP contribution in [0.25, 0.3) is 11.2 Å². The number of hydrogen-bond donors (Lipinski definition) is 2. The third-order valence-corrected chi connectivity index (χ3v) is 19.5. The molecule has 76 heavy (non-hydrogen) atoms. The van der Waals surface area contributed by atoms with E-state index in [1.54, 1.807) is 72.8 Å². The topological polar surface area (TPSA) is 267 Å². The highest BCUT2D eigenvalue weighted by molar-refractivity contribution is 8.55. The third kappa shape index (κ3) is 11.8. The van der Waals surface area contributed by atoms with Gasteiger partial charge in [-0.05, 0) is 96.3 Å². The van der Waals surface area contributed by atoms with Crippen LogP contribution in [-0.4, -0.2) is 91.0 Å². The number of alkyl halides is 2. The molecule has 3 fully saturated rings.